The number of hydrogen-bond acceptors (Lipinski definition) is 6. The van der Waals surface area contributed by atoms with Crippen molar-refractivity contribution in [3.8, 4) is 17.0 Å². The molecule has 144 valence electrons. The Morgan fingerprint density at radius 3 is 2.71 bits per heavy atom. The summed E-state index contributed by atoms with van der Waals surface area (Å²) in [5, 5.41) is 13.7. The lowest BCUT2D eigenvalue weighted by molar-refractivity contribution is -0.385. The van der Waals surface area contributed by atoms with Crippen molar-refractivity contribution >= 4 is 28.1 Å². The van der Waals surface area contributed by atoms with E-state index in [0.717, 1.165) is 23.5 Å². The largest absolute Gasteiger partial charge is 0.477 e. The van der Waals surface area contributed by atoms with E-state index < -0.39 is 29.1 Å². The molecule has 1 N–H and O–H groups in total. The second kappa shape index (κ2) is 8.09. The topological polar surface area (TPSA) is 94.4 Å². The molecule has 0 bridgehead atoms. The van der Waals surface area contributed by atoms with E-state index in [0.29, 0.717) is 16.1 Å². The van der Waals surface area contributed by atoms with E-state index in [1.807, 2.05) is 0 Å². The third kappa shape index (κ3) is 4.29. The van der Waals surface area contributed by atoms with E-state index in [9.17, 15) is 23.7 Å². The molecule has 0 saturated carbocycles. The molecule has 0 unspecified atom stereocenters. The van der Waals surface area contributed by atoms with Crippen LogP contribution in [0.3, 0.4) is 0 Å². The van der Waals surface area contributed by atoms with Crippen LogP contribution in [0.5, 0.6) is 5.75 Å². The second-order valence-electron chi connectivity index (χ2n) is 5.61. The maximum absolute atomic E-state index is 13.4. The number of anilines is 1. The first-order chi connectivity index (χ1) is 13.3. The number of nitro benzene ring substituents is 1. The van der Waals surface area contributed by atoms with Crippen LogP contribution in [-0.2, 0) is 4.79 Å². The van der Waals surface area contributed by atoms with Crippen molar-refractivity contribution in [3.05, 3.63) is 69.1 Å². The number of nitrogens with zero attached hydrogens (tertiary/aromatic N) is 2. The van der Waals surface area contributed by atoms with E-state index in [1.54, 1.807) is 13.0 Å². The van der Waals surface area contributed by atoms with E-state index in [1.165, 1.54) is 24.3 Å². The molecule has 1 aromatic heterocycles. The molecule has 0 radical (unpaired) electrons. The summed E-state index contributed by atoms with van der Waals surface area (Å²) in [5.74, 6) is -2.55. The van der Waals surface area contributed by atoms with E-state index in [2.05, 4.69) is 10.3 Å². The summed E-state index contributed by atoms with van der Waals surface area (Å²) in [6.07, 6.45) is 0. The molecular formula is C18H13F2N3O4S. The molecule has 2 aromatic carbocycles. The molecule has 3 rings (SSSR count). The molecule has 0 fully saturated rings. The summed E-state index contributed by atoms with van der Waals surface area (Å²) in [6, 6.07) is 9.13. The first-order valence-electron chi connectivity index (χ1n) is 7.94. The predicted octanol–water partition coefficient (Wildman–Crippen LogP) is 4.32. The number of carbonyl (C=O) groups is 1. The Labute approximate surface area is 161 Å². The monoisotopic (exact) mass is 405 g/mol. The van der Waals surface area contributed by atoms with Gasteiger partial charge in [0.2, 0.25) is 0 Å². The van der Waals surface area contributed by atoms with Gasteiger partial charge in [-0.3, -0.25) is 20.2 Å². The highest BCUT2D eigenvalue weighted by atomic mass is 32.1. The quantitative estimate of drug-likeness (QED) is 0.487. The molecule has 0 aliphatic carbocycles. The standard InChI is InChI=1S/C18H13F2N3O4S/c1-10-17(11-6-7-12(19)13(20)8-11)22-18(28-10)21-16(24)9-27-15-5-3-2-4-14(15)23(25)26/h2-8H,9H2,1H3,(H,21,22,24). The van der Waals surface area contributed by atoms with Crippen LogP contribution < -0.4 is 10.1 Å². The van der Waals surface area contributed by atoms with Gasteiger partial charge in [0.25, 0.3) is 5.91 Å². The fraction of sp³-hybridized carbons (Fsp3) is 0.111. The average molecular weight is 405 g/mol. The number of aromatic nitrogens is 1. The van der Waals surface area contributed by atoms with Crippen molar-refractivity contribution in [1.82, 2.24) is 4.98 Å². The van der Waals surface area contributed by atoms with Gasteiger partial charge < -0.3 is 4.74 Å². The van der Waals surface area contributed by atoms with Gasteiger partial charge in [-0.15, -0.1) is 11.3 Å². The van der Waals surface area contributed by atoms with Gasteiger partial charge in [0.15, 0.2) is 29.1 Å². The Kier molecular flexibility index (Phi) is 5.59. The lowest BCUT2D eigenvalue weighted by Crippen LogP contribution is -2.20. The van der Waals surface area contributed by atoms with Crippen LogP contribution in [-0.4, -0.2) is 22.4 Å². The smallest absolute Gasteiger partial charge is 0.310 e. The molecule has 7 nitrogen and oxygen atoms in total. The molecule has 1 heterocycles. The Hall–Kier alpha value is -3.40. The lowest BCUT2D eigenvalue weighted by Gasteiger charge is -2.06. The summed E-state index contributed by atoms with van der Waals surface area (Å²) in [6.45, 7) is 1.28. The average Bonchev–Trinajstić information content (AvgIpc) is 3.02. The van der Waals surface area contributed by atoms with Gasteiger partial charge in [0.05, 0.1) is 10.6 Å². The van der Waals surface area contributed by atoms with E-state index in [4.69, 9.17) is 4.74 Å². The van der Waals surface area contributed by atoms with Crippen molar-refractivity contribution in [3.63, 3.8) is 0 Å². The SMILES string of the molecule is Cc1sc(NC(=O)COc2ccccc2[N+](=O)[O-])nc1-c1ccc(F)c(F)c1. The molecule has 0 aliphatic heterocycles. The third-order valence-corrected chi connectivity index (χ3v) is 4.54. The fourth-order valence-electron chi connectivity index (χ4n) is 2.39. The maximum atomic E-state index is 13.4. The van der Waals surface area contributed by atoms with Gasteiger partial charge in [-0.2, -0.15) is 0 Å². The Morgan fingerprint density at radius 1 is 1.25 bits per heavy atom. The minimum atomic E-state index is -0.992. The number of aryl methyl sites for hydroxylation is 1. The summed E-state index contributed by atoms with van der Waals surface area (Å²) in [7, 11) is 0. The van der Waals surface area contributed by atoms with Gasteiger partial charge in [-0.1, -0.05) is 12.1 Å². The summed E-state index contributed by atoms with van der Waals surface area (Å²) in [5.41, 5.74) is 0.546. The van der Waals surface area contributed by atoms with Crippen molar-refractivity contribution in [2.75, 3.05) is 11.9 Å². The lowest BCUT2D eigenvalue weighted by atomic mass is 10.1. The molecule has 0 saturated heterocycles. The minimum absolute atomic E-state index is 0.0274. The van der Waals surface area contributed by atoms with Crippen molar-refractivity contribution < 1.29 is 23.2 Å². The number of para-hydroxylation sites is 2. The van der Waals surface area contributed by atoms with Crippen LogP contribution in [0.4, 0.5) is 19.6 Å². The zero-order valence-corrected chi connectivity index (χ0v) is 15.3. The first kappa shape index (κ1) is 19.4. The van der Waals surface area contributed by atoms with Crippen LogP contribution in [0, 0.1) is 28.7 Å². The Bertz CT molecular complexity index is 1060. The summed E-state index contributed by atoms with van der Waals surface area (Å²) < 4.78 is 31.7. The van der Waals surface area contributed by atoms with Gasteiger partial charge in [-0.05, 0) is 31.2 Å². The number of hydrogen-bond donors (Lipinski definition) is 1. The summed E-state index contributed by atoms with van der Waals surface area (Å²) in [4.78, 5) is 27.3. The number of halogens is 2. The first-order valence-corrected chi connectivity index (χ1v) is 8.75. The van der Waals surface area contributed by atoms with Crippen molar-refractivity contribution in [2.45, 2.75) is 6.92 Å². The van der Waals surface area contributed by atoms with Crippen LogP contribution in [0.25, 0.3) is 11.3 Å². The van der Waals surface area contributed by atoms with Crippen molar-refractivity contribution in [2.24, 2.45) is 0 Å². The van der Waals surface area contributed by atoms with Crippen LogP contribution in [0.2, 0.25) is 0 Å². The molecule has 28 heavy (non-hydrogen) atoms. The van der Waals surface area contributed by atoms with Gasteiger partial charge >= 0.3 is 5.69 Å². The molecule has 10 heteroatoms. The van der Waals surface area contributed by atoms with Gasteiger partial charge in [0.1, 0.15) is 0 Å². The highest BCUT2D eigenvalue weighted by Gasteiger charge is 2.17. The maximum Gasteiger partial charge on any atom is 0.310 e. The number of rotatable bonds is 6. The van der Waals surface area contributed by atoms with Crippen LogP contribution in [0.1, 0.15) is 4.88 Å². The minimum Gasteiger partial charge on any atom is -0.477 e. The second-order valence-corrected chi connectivity index (χ2v) is 6.82. The fourth-order valence-corrected chi connectivity index (χ4v) is 3.24. The Morgan fingerprint density at radius 2 is 2.00 bits per heavy atom. The highest BCUT2D eigenvalue weighted by molar-refractivity contribution is 7.16. The number of thiazole rings is 1. The number of nitrogens with one attached hydrogen (secondary N) is 1. The van der Waals surface area contributed by atoms with Gasteiger partial charge in [-0.25, -0.2) is 13.8 Å². The molecular weight excluding hydrogens is 392 g/mol. The highest BCUT2D eigenvalue weighted by Crippen LogP contribution is 2.31. The molecule has 3 aromatic rings. The molecule has 0 atom stereocenters. The van der Waals surface area contributed by atoms with E-state index >= 15 is 0 Å². The number of amides is 1. The molecule has 1 amide bonds. The van der Waals surface area contributed by atoms with E-state index in [-0.39, 0.29) is 16.6 Å². The summed E-state index contributed by atoms with van der Waals surface area (Å²) >= 11 is 1.15. The Balaban J connectivity index is 1.68. The predicted molar refractivity (Wildman–Crippen MR) is 99.4 cm³/mol. The van der Waals surface area contributed by atoms with Crippen LogP contribution >= 0.6 is 11.3 Å². The number of ether oxygens (including phenoxy) is 1. The van der Waals surface area contributed by atoms with Gasteiger partial charge in [0, 0.05) is 16.5 Å². The number of benzene rings is 2. The zero-order chi connectivity index (χ0) is 20.3. The number of carbonyl (C=O) groups excluding carboxylic acids is 1. The zero-order valence-electron chi connectivity index (χ0n) is 14.4. The molecule has 0 aliphatic rings. The number of nitro groups is 1. The normalized spacial score (nSPS) is 10.5. The van der Waals surface area contributed by atoms with Crippen molar-refractivity contribution in [1.29, 1.82) is 0 Å². The third-order valence-electron chi connectivity index (χ3n) is 3.66. The molecule has 0 spiro atoms. The van der Waals surface area contributed by atoms with Crippen LogP contribution in [0.15, 0.2) is 42.5 Å².